The fraction of sp³-hybridized carbons (Fsp3) is 0.174. The van der Waals surface area contributed by atoms with E-state index in [-0.39, 0.29) is 21.8 Å². The van der Waals surface area contributed by atoms with Gasteiger partial charge in [0.2, 0.25) is 0 Å². The quantitative estimate of drug-likeness (QED) is 0.0418. The maximum absolute atomic E-state index is 13.1. The van der Waals surface area contributed by atoms with E-state index in [0.717, 1.165) is 0 Å². The lowest BCUT2D eigenvalue weighted by molar-refractivity contribution is -0.261. The molecular formula is C46H36F10O10S4. The molecule has 0 aliphatic carbocycles. The summed E-state index contributed by atoms with van der Waals surface area (Å²) in [5.74, 6) is -5.20. The maximum Gasteiger partial charge on any atom is 0.432 e. The van der Waals surface area contributed by atoms with Crippen LogP contribution in [0, 0.1) is 0 Å². The number of hydrogen-bond donors (Lipinski definition) is 0. The van der Waals surface area contributed by atoms with Crippen LogP contribution >= 0.6 is 0 Å². The largest absolute Gasteiger partial charge is 0.743 e. The van der Waals surface area contributed by atoms with E-state index < -0.39 is 80.1 Å². The third-order valence-corrected chi connectivity index (χ3v) is 15.0. The van der Waals surface area contributed by atoms with Crippen molar-refractivity contribution in [3.63, 3.8) is 0 Å². The zero-order chi connectivity index (χ0) is 52.0. The molecule has 0 heterocycles. The fourth-order valence-electron chi connectivity index (χ4n) is 5.65. The van der Waals surface area contributed by atoms with Crippen molar-refractivity contribution < 1.29 is 88.9 Å². The van der Waals surface area contributed by atoms with Crippen molar-refractivity contribution in [2.24, 2.45) is 0 Å². The molecule has 10 nitrogen and oxygen atoms in total. The van der Waals surface area contributed by atoms with Gasteiger partial charge in [0.1, 0.15) is 0 Å². The highest BCUT2D eigenvalue weighted by molar-refractivity contribution is 7.97. The Morgan fingerprint density at radius 2 is 0.557 bits per heavy atom. The lowest BCUT2D eigenvalue weighted by Gasteiger charge is -2.30. The van der Waals surface area contributed by atoms with Gasteiger partial charge in [0.25, 0.3) is 12.2 Å². The molecule has 0 fully saturated rings. The van der Waals surface area contributed by atoms with Crippen molar-refractivity contribution >= 4 is 54.0 Å². The number of hydrogen-bond acceptors (Lipinski definition) is 10. The number of rotatable bonds is 15. The summed E-state index contributed by atoms with van der Waals surface area (Å²) < 4.78 is 195. The second-order valence-corrected chi connectivity index (χ2v) is 20.8. The lowest BCUT2D eigenvalue weighted by Crippen LogP contribution is -2.52. The summed E-state index contributed by atoms with van der Waals surface area (Å²) in [6.07, 6.45) is -26.6. The molecule has 0 amide bonds. The summed E-state index contributed by atoms with van der Waals surface area (Å²) in [6, 6.07) is 64.3. The third-order valence-electron chi connectivity index (χ3n) is 8.78. The van der Waals surface area contributed by atoms with E-state index >= 15 is 0 Å². The SMILES string of the molecule is O=C(CCC(=O)OC(C(F)(F)F)C(F)(F)S(=O)(=O)[O-])OC(C(F)(F)F)C(F)(F)S(=O)(=O)[O-].c1ccc([S+](c2ccccc2)c2ccccc2)cc1.c1ccc([S+](c2ccccc2)c2ccccc2)cc1. The minimum atomic E-state index is -7.09. The van der Waals surface area contributed by atoms with Crippen LogP contribution in [0.25, 0.3) is 0 Å². The first kappa shape index (κ1) is 56.7. The zero-order valence-electron chi connectivity index (χ0n) is 35.4. The van der Waals surface area contributed by atoms with Crippen molar-refractivity contribution in [1.82, 2.24) is 0 Å². The molecule has 70 heavy (non-hydrogen) atoms. The second kappa shape index (κ2) is 24.3. The Morgan fingerprint density at radius 3 is 0.700 bits per heavy atom. The van der Waals surface area contributed by atoms with E-state index in [9.17, 15) is 79.4 Å². The Bertz CT molecular complexity index is 2420. The van der Waals surface area contributed by atoms with Crippen molar-refractivity contribution in [2.75, 3.05) is 0 Å². The summed E-state index contributed by atoms with van der Waals surface area (Å²) in [5.41, 5.74) is 0. The number of carbonyl (C=O) groups excluding carboxylic acids is 2. The van der Waals surface area contributed by atoms with E-state index in [1.165, 1.54) is 29.4 Å². The standard InChI is InChI=1S/2C18H15S.C10H8F10O10S2/c2*1-4-10-16(11-5-1)19(17-12-6-2-7-13-17)18-14-8-3-9-15-18;11-7(12,13)5(9(17,18)31(23,24)25)29-3(21)1-2-4(22)30-6(8(14,15)16)10(19,20)32(26,27)28/h2*1-15H;5-6H,1-2H2,(H,23,24,25)(H,26,27,28)/q2*+1;/p-2. The highest BCUT2D eigenvalue weighted by atomic mass is 32.2. The molecule has 6 aromatic carbocycles. The van der Waals surface area contributed by atoms with Crippen LogP contribution in [0.5, 0.6) is 0 Å². The Kier molecular flexibility index (Phi) is 19.6. The predicted octanol–water partition coefficient (Wildman–Crippen LogP) is 10.6. The molecule has 0 aliphatic rings. The number of carbonyl (C=O) groups is 2. The molecule has 24 heteroatoms. The normalized spacial score (nSPS) is 13.2. The first-order valence-electron chi connectivity index (χ1n) is 19.6. The van der Waals surface area contributed by atoms with Crippen molar-refractivity contribution in [1.29, 1.82) is 0 Å². The Hall–Kier alpha value is -5.92. The molecule has 0 saturated heterocycles. The second-order valence-electron chi connectivity index (χ2n) is 13.8. The van der Waals surface area contributed by atoms with Gasteiger partial charge in [-0.3, -0.25) is 9.59 Å². The summed E-state index contributed by atoms with van der Waals surface area (Å²) in [4.78, 5) is 30.4. The van der Waals surface area contributed by atoms with E-state index in [0.29, 0.717) is 0 Å². The number of halogens is 10. The maximum atomic E-state index is 13.1. The molecule has 0 aromatic heterocycles. The van der Waals surface area contributed by atoms with Crippen LogP contribution in [0.1, 0.15) is 12.8 Å². The average Bonchev–Trinajstić information content (AvgIpc) is 3.30. The van der Waals surface area contributed by atoms with Gasteiger partial charge in [-0.1, -0.05) is 109 Å². The highest BCUT2D eigenvalue weighted by Gasteiger charge is 2.64. The van der Waals surface area contributed by atoms with Crippen LogP contribution in [0.2, 0.25) is 0 Å². The average molecular weight is 1070 g/mol. The molecule has 6 aromatic rings. The number of esters is 2. The summed E-state index contributed by atoms with van der Waals surface area (Å²) in [6.45, 7) is 0. The minimum absolute atomic E-state index is 0.0146. The Balaban J connectivity index is 0.000000239. The van der Waals surface area contributed by atoms with E-state index in [4.69, 9.17) is 0 Å². The number of alkyl halides is 10. The van der Waals surface area contributed by atoms with E-state index in [2.05, 4.69) is 191 Å². The first-order chi connectivity index (χ1) is 32.7. The molecule has 0 bridgehead atoms. The first-order valence-corrected chi connectivity index (χ1v) is 24.9. The highest BCUT2D eigenvalue weighted by Crippen LogP contribution is 2.40. The molecule has 0 N–H and O–H groups in total. The zero-order valence-corrected chi connectivity index (χ0v) is 38.7. The van der Waals surface area contributed by atoms with Crippen molar-refractivity contribution in [3.8, 4) is 0 Å². The molecule has 0 spiro atoms. The molecular weight excluding hydrogens is 1030 g/mol. The third kappa shape index (κ3) is 15.8. The van der Waals surface area contributed by atoms with Gasteiger partial charge in [-0.05, 0) is 72.8 Å². The van der Waals surface area contributed by atoms with Gasteiger partial charge in [0.05, 0.1) is 34.6 Å². The van der Waals surface area contributed by atoms with Gasteiger partial charge in [-0.15, -0.1) is 0 Å². The number of ether oxygens (including phenoxy) is 2. The minimum Gasteiger partial charge on any atom is -0.743 e. The topological polar surface area (TPSA) is 167 Å². The molecule has 6 rings (SSSR count). The molecule has 374 valence electrons. The fourth-order valence-corrected chi connectivity index (χ4v) is 10.8. The van der Waals surface area contributed by atoms with Crippen LogP contribution in [-0.2, 0) is 61.1 Å². The molecule has 2 unspecified atom stereocenters. The Morgan fingerprint density at radius 1 is 0.386 bits per heavy atom. The summed E-state index contributed by atoms with van der Waals surface area (Å²) in [5, 5.41) is -12.6. The van der Waals surface area contributed by atoms with E-state index in [1.807, 2.05) is 0 Å². The summed E-state index contributed by atoms with van der Waals surface area (Å²) >= 11 is 0. The number of benzene rings is 6. The van der Waals surface area contributed by atoms with Crippen molar-refractivity contribution in [3.05, 3.63) is 182 Å². The lowest BCUT2D eigenvalue weighted by atomic mass is 10.3. The van der Waals surface area contributed by atoms with Crippen LogP contribution in [0.3, 0.4) is 0 Å². The summed E-state index contributed by atoms with van der Waals surface area (Å²) in [7, 11) is -14.2. The van der Waals surface area contributed by atoms with Gasteiger partial charge in [-0.25, -0.2) is 16.8 Å². The van der Waals surface area contributed by atoms with Gasteiger partial charge in [0, 0.05) is 0 Å². The van der Waals surface area contributed by atoms with Crippen LogP contribution in [0.15, 0.2) is 211 Å². The smallest absolute Gasteiger partial charge is 0.432 e. The molecule has 2 atom stereocenters. The van der Waals surface area contributed by atoms with Gasteiger partial charge in [-0.2, -0.15) is 43.9 Å². The molecule has 0 radical (unpaired) electrons. The predicted molar refractivity (Wildman–Crippen MR) is 233 cm³/mol. The van der Waals surface area contributed by atoms with Crippen LogP contribution in [-0.4, -0.2) is 72.9 Å². The van der Waals surface area contributed by atoms with Gasteiger partial charge in [0.15, 0.2) is 49.6 Å². The molecule has 0 aliphatic heterocycles. The molecule has 0 saturated carbocycles. The van der Waals surface area contributed by atoms with Gasteiger partial charge < -0.3 is 18.6 Å². The van der Waals surface area contributed by atoms with Gasteiger partial charge >= 0.3 is 34.8 Å². The van der Waals surface area contributed by atoms with E-state index in [1.54, 1.807) is 0 Å². The Labute approximate surface area is 400 Å². The van der Waals surface area contributed by atoms with Crippen LogP contribution < -0.4 is 0 Å². The van der Waals surface area contributed by atoms with Crippen molar-refractivity contribution in [2.45, 2.75) is 77.3 Å². The van der Waals surface area contributed by atoms with Crippen LogP contribution in [0.4, 0.5) is 43.9 Å². The monoisotopic (exact) mass is 1070 g/mol.